The molecule has 17 heavy (non-hydrogen) atoms. The maximum Gasteiger partial charge on any atom is 0.149 e. The van der Waals surface area contributed by atoms with Gasteiger partial charge in [0.15, 0.2) is 0 Å². The highest BCUT2D eigenvalue weighted by atomic mass is 19.1. The Bertz CT molecular complexity index is 365. The Morgan fingerprint density at radius 1 is 1.35 bits per heavy atom. The van der Waals surface area contributed by atoms with Crippen LogP contribution in [-0.4, -0.2) is 36.0 Å². The second-order valence-corrected chi connectivity index (χ2v) is 3.60. The van der Waals surface area contributed by atoms with Crippen LogP contribution in [0.5, 0.6) is 0 Å². The van der Waals surface area contributed by atoms with E-state index in [1.807, 2.05) is 0 Å². The predicted octanol–water partition coefficient (Wildman–Crippen LogP) is 1.31. The van der Waals surface area contributed by atoms with Gasteiger partial charge in [-0.3, -0.25) is 0 Å². The summed E-state index contributed by atoms with van der Waals surface area (Å²) in [5.41, 5.74) is -0.222. The van der Waals surface area contributed by atoms with Gasteiger partial charge in [-0.2, -0.15) is 0 Å². The maximum atomic E-state index is 13.5. The van der Waals surface area contributed by atoms with Crippen LogP contribution in [-0.2, 0) is 0 Å². The van der Waals surface area contributed by atoms with Crippen LogP contribution in [0.3, 0.4) is 0 Å². The zero-order valence-corrected chi connectivity index (χ0v) is 9.31. The van der Waals surface area contributed by atoms with Gasteiger partial charge in [-0.25, -0.2) is 8.78 Å². The Balaban J connectivity index is 3.00. The molecular weight excluding hydrogens is 228 g/mol. The summed E-state index contributed by atoms with van der Waals surface area (Å²) in [5, 5.41) is 18.1. The summed E-state index contributed by atoms with van der Waals surface area (Å²) in [7, 11) is 0. The molecule has 5 heteroatoms. The number of hydrogen-bond donors (Lipinski definition) is 2. The first-order valence-corrected chi connectivity index (χ1v) is 5.19. The van der Waals surface area contributed by atoms with E-state index in [-0.39, 0.29) is 18.8 Å². The lowest BCUT2D eigenvalue weighted by molar-refractivity contribution is 0.100. The minimum absolute atomic E-state index is 0.0691. The van der Waals surface area contributed by atoms with E-state index in [4.69, 9.17) is 5.11 Å². The molecule has 1 unspecified atom stereocenters. The fraction of sp³-hybridized carbons (Fsp3) is 0.333. The van der Waals surface area contributed by atoms with Crippen molar-refractivity contribution < 1.29 is 19.0 Å². The molecule has 1 atom stereocenters. The standard InChI is InChI=1S/C12H15F2NO2/c1-2-6-15(7-9(17)8-16)12-10(13)4-3-5-11(12)14/h2-5,9,16-17H,1,6-8H2. The van der Waals surface area contributed by atoms with Crippen LogP contribution < -0.4 is 4.90 Å². The Morgan fingerprint density at radius 2 is 1.94 bits per heavy atom. The van der Waals surface area contributed by atoms with Crippen molar-refractivity contribution in [1.29, 1.82) is 0 Å². The lowest BCUT2D eigenvalue weighted by atomic mass is 10.2. The number of rotatable bonds is 6. The summed E-state index contributed by atoms with van der Waals surface area (Å²) >= 11 is 0. The van der Waals surface area contributed by atoms with Crippen molar-refractivity contribution in [2.45, 2.75) is 6.10 Å². The third-order valence-electron chi connectivity index (χ3n) is 2.25. The molecule has 0 saturated heterocycles. The monoisotopic (exact) mass is 243 g/mol. The molecule has 0 amide bonds. The number of aliphatic hydroxyl groups is 2. The van der Waals surface area contributed by atoms with Crippen LogP contribution in [0, 0.1) is 11.6 Å². The van der Waals surface area contributed by atoms with E-state index in [0.717, 1.165) is 12.1 Å². The number of benzene rings is 1. The Hall–Kier alpha value is -1.46. The van der Waals surface area contributed by atoms with Crippen LogP contribution in [0.2, 0.25) is 0 Å². The SMILES string of the molecule is C=CCN(CC(O)CO)c1c(F)cccc1F. The number of halogens is 2. The minimum Gasteiger partial charge on any atom is -0.394 e. The molecule has 0 aliphatic carbocycles. The van der Waals surface area contributed by atoms with E-state index in [9.17, 15) is 13.9 Å². The number of anilines is 1. The molecule has 0 heterocycles. The van der Waals surface area contributed by atoms with Crippen molar-refractivity contribution in [3.05, 3.63) is 42.5 Å². The Labute approximate surface area is 98.6 Å². The summed E-state index contributed by atoms with van der Waals surface area (Å²) in [4.78, 5) is 1.29. The molecule has 1 aromatic rings. The van der Waals surface area contributed by atoms with Crippen molar-refractivity contribution in [3.8, 4) is 0 Å². The van der Waals surface area contributed by atoms with Gasteiger partial charge >= 0.3 is 0 Å². The van der Waals surface area contributed by atoms with Gasteiger partial charge in [-0.15, -0.1) is 6.58 Å². The molecule has 94 valence electrons. The van der Waals surface area contributed by atoms with E-state index in [1.165, 1.54) is 17.0 Å². The molecule has 0 aliphatic rings. The van der Waals surface area contributed by atoms with Crippen molar-refractivity contribution >= 4 is 5.69 Å². The summed E-state index contributed by atoms with van der Waals surface area (Å²) < 4.78 is 27.0. The van der Waals surface area contributed by atoms with Crippen LogP contribution in [0.15, 0.2) is 30.9 Å². The summed E-state index contributed by atoms with van der Waals surface area (Å²) in [6, 6.07) is 3.54. The number of hydrogen-bond acceptors (Lipinski definition) is 3. The molecular formula is C12H15F2NO2. The molecule has 0 bridgehead atoms. The van der Waals surface area contributed by atoms with Crippen molar-refractivity contribution in [2.24, 2.45) is 0 Å². The predicted molar refractivity (Wildman–Crippen MR) is 61.9 cm³/mol. The molecule has 1 aromatic carbocycles. The lowest BCUT2D eigenvalue weighted by Crippen LogP contribution is -2.35. The summed E-state index contributed by atoms with van der Waals surface area (Å²) in [6.07, 6.45) is 0.407. The zero-order valence-electron chi connectivity index (χ0n) is 9.31. The van der Waals surface area contributed by atoms with Gasteiger partial charge in [-0.05, 0) is 12.1 Å². The average Bonchev–Trinajstić information content (AvgIpc) is 2.28. The van der Waals surface area contributed by atoms with Crippen LogP contribution in [0.4, 0.5) is 14.5 Å². The van der Waals surface area contributed by atoms with E-state index < -0.39 is 24.3 Å². The molecule has 0 spiro atoms. The number of nitrogens with zero attached hydrogens (tertiary/aromatic N) is 1. The molecule has 0 aromatic heterocycles. The van der Waals surface area contributed by atoms with E-state index in [0.29, 0.717) is 0 Å². The lowest BCUT2D eigenvalue weighted by Gasteiger charge is -2.26. The van der Waals surface area contributed by atoms with Gasteiger partial charge in [-0.1, -0.05) is 12.1 Å². The van der Waals surface area contributed by atoms with E-state index >= 15 is 0 Å². The van der Waals surface area contributed by atoms with E-state index in [2.05, 4.69) is 6.58 Å². The first-order valence-electron chi connectivity index (χ1n) is 5.19. The molecule has 1 rings (SSSR count). The van der Waals surface area contributed by atoms with Crippen molar-refractivity contribution in [3.63, 3.8) is 0 Å². The number of aliphatic hydroxyl groups excluding tert-OH is 2. The molecule has 2 N–H and O–H groups in total. The first kappa shape index (κ1) is 13.6. The molecule has 3 nitrogen and oxygen atoms in total. The molecule has 0 aliphatic heterocycles. The molecule has 0 saturated carbocycles. The fourth-order valence-electron chi connectivity index (χ4n) is 1.52. The highest BCUT2D eigenvalue weighted by molar-refractivity contribution is 5.49. The minimum atomic E-state index is -1.06. The fourth-order valence-corrected chi connectivity index (χ4v) is 1.52. The van der Waals surface area contributed by atoms with Gasteiger partial charge in [0.25, 0.3) is 0 Å². The van der Waals surface area contributed by atoms with Gasteiger partial charge in [0.05, 0.1) is 12.7 Å². The quantitative estimate of drug-likeness (QED) is 0.740. The number of para-hydroxylation sites is 1. The largest absolute Gasteiger partial charge is 0.394 e. The smallest absolute Gasteiger partial charge is 0.149 e. The maximum absolute atomic E-state index is 13.5. The highest BCUT2D eigenvalue weighted by Crippen LogP contribution is 2.23. The summed E-state index contributed by atoms with van der Waals surface area (Å²) in [5.74, 6) is -1.42. The third-order valence-corrected chi connectivity index (χ3v) is 2.25. The first-order chi connectivity index (χ1) is 8.10. The van der Waals surface area contributed by atoms with Gasteiger partial charge in [0.2, 0.25) is 0 Å². The van der Waals surface area contributed by atoms with Gasteiger partial charge < -0.3 is 15.1 Å². The van der Waals surface area contributed by atoms with Crippen LogP contribution in [0.1, 0.15) is 0 Å². The normalized spacial score (nSPS) is 12.2. The third kappa shape index (κ3) is 3.51. The zero-order chi connectivity index (χ0) is 12.8. The highest BCUT2D eigenvalue weighted by Gasteiger charge is 2.18. The Kier molecular flexibility index (Phi) is 5.06. The molecule has 0 radical (unpaired) electrons. The van der Waals surface area contributed by atoms with Gasteiger partial charge in [0.1, 0.15) is 17.3 Å². The van der Waals surface area contributed by atoms with Gasteiger partial charge in [0, 0.05) is 13.1 Å². The van der Waals surface area contributed by atoms with Crippen LogP contribution >= 0.6 is 0 Å². The molecule has 0 fully saturated rings. The second-order valence-electron chi connectivity index (χ2n) is 3.60. The Morgan fingerprint density at radius 3 is 2.41 bits per heavy atom. The topological polar surface area (TPSA) is 43.7 Å². The second kappa shape index (κ2) is 6.32. The van der Waals surface area contributed by atoms with Crippen molar-refractivity contribution in [1.82, 2.24) is 0 Å². The van der Waals surface area contributed by atoms with Crippen molar-refractivity contribution in [2.75, 3.05) is 24.6 Å². The average molecular weight is 243 g/mol. The van der Waals surface area contributed by atoms with E-state index in [1.54, 1.807) is 0 Å². The van der Waals surface area contributed by atoms with Crippen LogP contribution in [0.25, 0.3) is 0 Å². The summed E-state index contributed by atoms with van der Waals surface area (Å²) in [6.45, 7) is 3.13.